The fourth-order valence-corrected chi connectivity index (χ4v) is 2.39. The predicted molar refractivity (Wildman–Crippen MR) is 84.1 cm³/mol. The molecule has 1 amide bonds. The molecule has 0 spiro atoms. The average Bonchev–Trinajstić information content (AvgIpc) is 3.27. The molecule has 1 N–H and O–H groups in total. The number of nitrogens with one attached hydrogen (secondary N) is 1. The first-order valence-electron chi connectivity index (χ1n) is 7.95. The Labute approximate surface area is 139 Å². The lowest BCUT2D eigenvalue weighted by atomic mass is 10.3. The number of aromatic nitrogens is 1. The molecular formula is C16H21N3O5. The second-order valence-electron chi connectivity index (χ2n) is 5.46. The van der Waals surface area contributed by atoms with Gasteiger partial charge in [0.2, 0.25) is 11.7 Å². The lowest BCUT2D eigenvalue weighted by Gasteiger charge is -2.26. The van der Waals surface area contributed by atoms with Crippen molar-refractivity contribution in [1.29, 1.82) is 0 Å². The Kier molecular flexibility index (Phi) is 6.00. The number of carbonyl (C=O) groups is 1. The molecule has 0 saturated carbocycles. The third kappa shape index (κ3) is 4.92. The van der Waals surface area contributed by atoms with Crippen LogP contribution in [0.1, 0.15) is 5.69 Å². The van der Waals surface area contributed by atoms with E-state index in [1.807, 2.05) is 0 Å². The molecular weight excluding hydrogens is 314 g/mol. The van der Waals surface area contributed by atoms with Gasteiger partial charge in [0.1, 0.15) is 12.3 Å². The number of morpholine rings is 1. The van der Waals surface area contributed by atoms with Gasteiger partial charge in [-0.15, -0.1) is 0 Å². The Bertz CT molecular complexity index is 619. The topological polar surface area (TPSA) is 90.0 Å². The number of nitrogens with zero attached hydrogens (tertiary/aromatic N) is 2. The van der Waals surface area contributed by atoms with Gasteiger partial charge in [0, 0.05) is 32.2 Å². The highest BCUT2D eigenvalue weighted by Gasteiger charge is 2.11. The summed E-state index contributed by atoms with van der Waals surface area (Å²) in [5, 5.41) is 6.72. The van der Waals surface area contributed by atoms with Crippen molar-refractivity contribution in [2.24, 2.45) is 0 Å². The monoisotopic (exact) mass is 335 g/mol. The average molecular weight is 335 g/mol. The summed E-state index contributed by atoms with van der Waals surface area (Å²) in [6, 6.07) is 5.29. The first-order valence-corrected chi connectivity index (χ1v) is 7.95. The molecule has 1 saturated heterocycles. The highest BCUT2D eigenvalue weighted by Crippen LogP contribution is 2.20. The molecule has 0 unspecified atom stereocenters. The summed E-state index contributed by atoms with van der Waals surface area (Å²) in [7, 11) is 0. The van der Waals surface area contributed by atoms with Crippen LogP contribution in [0.25, 0.3) is 11.5 Å². The number of amides is 1. The van der Waals surface area contributed by atoms with E-state index in [0.717, 1.165) is 32.8 Å². The van der Waals surface area contributed by atoms with Crippen molar-refractivity contribution < 1.29 is 23.2 Å². The Morgan fingerprint density at radius 1 is 1.33 bits per heavy atom. The molecule has 2 aromatic rings. The van der Waals surface area contributed by atoms with Gasteiger partial charge in [-0.1, -0.05) is 5.16 Å². The zero-order valence-electron chi connectivity index (χ0n) is 13.4. The maximum Gasteiger partial charge on any atom is 0.246 e. The van der Waals surface area contributed by atoms with E-state index < -0.39 is 0 Å². The quantitative estimate of drug-likeness (QED) is 0.766. The van der Waals surface area contributed by atoms with Crippen LogP contribution in [0.15, 0.2) is 33.4 Å². The number of ether oxygens (including phenoxy) is 2. The molecule has 8 heteroatoms. The van der Waals surface area contributed by atoms with Crippen LogP contribution in [0.2, 0.25) is 0 Å². The van der Waals surface area contributed by atoms with Gasteiger partial charge in [-0.3, -0.25) is 9.69 Å². The zero-order chi connectivity index (χ0) is 16.6. The zero-order valence-corrected chi connectivity index (χ0v) is 13.4. The lowest BCUT2D eigenvalue weighted by molar-refractivity contribution is -0.126. The van der Waals surface area contributed by atoms with Crippen LogP contribution in [0, 0.1) is 0 Å². The van der Waals surface area contributed by atoms with Crippen LogP contribution in [-0.2, 0) is 20.9 Å². The maximum atomic E-state index is 11.7. The Hall–Kier alpha value is -2.16. The smallest absolute Gasteiger partial charge is 0.246 e. The molecule has 3 heterocycles. The van der Waals surface area contributed by atoms with Crippen LogP contribution >= 0.6 is 0 Å². The summed E-state index contributed by atoms with van der Waals surface area (Å²) in [4.78, 5) is 14.0. The summed E-state index contributed by atoms with van der Waals surface area (Å²) in [5.74, 6) is 1.00. The van der Waals surface area contributed by atoms with Crippen LogP contribution in [0.3, 0.4) is 0 Å². The van der Waals surface area contributed by atoms with Gasteiger partial charge in [-0.25, -0.2) is 0 Å². The summed E-state index contributed by atoms with van der Waals surface area (Å²) in [6.07, 6.45) is 1.56. The van der Waals surface area contributed by atoms with Crippen molar-refractivity contribution in [2.45, 2.75) is 6.61 Å². The minimum Gasteiger partial charge on any atom is -0.461 e. The maximum absolute atomic E-state index is 11.7. The highest BCUT2D eigenvalue weighted by molar-refractivity contribution is 5.77. The number of carbonyl (C=O) groups excluding carboxylic acids is 1. The molecule has 2 aromatic heterocycles. The van der Waals surface area contributed by atoms with E-state index in [1.54, 1.807) is 24.5 Å². The second-order valence-corrected chi connectivity index (χ2v) is 5.46. The molecule has 0 atom stereocenters. The fraction of sp³-hybridized carbons (Fsp3) is 0.500. The summed E-state index contributed by atoms with van der Waals surface area (Å²) >= 11 is 0. The molecule has 24 heavy (non-hydrogen) atoms. The molecule has 8 nitrogen and oxygen atoms in total. The molecule has 130 valence electrons. The third-order valence-corrected chi connectivity index (χ3v) is 3.66. The van der Waals surface area contributed by atoms with Crippen molar-refractivity contribution in [2.75, 3.05) is 46.0 Å². The summed E-state index contributed by atoms with van der Waals surface area (Å²) in [6.45, 7) is 4.98. The van der Waals surface area contributed by atoms with Crippen molar-refractivity contribution in [3.63, 3.8) is 0 Å². The standard InChI is InChI=1S/C16H21N3O5/c20-16(17-3-4-19-5-8-21-9-6-19)12-22-11-13-10-15(24-18-13)14-2-1-7-23-14/h1-2,7,10H,3-6,8-9,11-12H2,(H,17,20). The van der Waals surface area contributed by atoms with Gasteiger partial charge >= 0.3 is 0 Å². The van der Waals surface area contributed by atoms with E-state index in [2.05, 4.69) is 15.4 Å². The molecule has 0 radical (unpaired) electrons. The summed E-state index contributed by atoms with van der Waals surface area (Å²) in [5.41, 5.74) is 0.613. The third-order valence-electron chi connectivity index (χ3n) is 3.66. The SMILES string of the molecule is O=C(COCc1cc(-c2ccco2)on1)NCCN1CCOCC1. The number of hydrogen-bond acceptors (Lipinski definition) is 7. The predicted octanol–water partition coefficient (Wildman–Crippen LogP) is 0.900. The fourth-order valence-electron chi connectivity index (χ4n) is 2.39. The van der Waals surface area contributed by atoms with E-state index in [1.165, 1.54) is 0 Å². The van der Waals surface area contributed by atoms with E-state index in [4.69, 9.17) is 18.4 Å². The van der Waals surface area contributed by atoms with E-state index >= 15 is 0 Å². The lowest BCUT2D eigenvalue weighted by Crippen LogP contribution is -2.41. The van der Waals surface area contributed by atoms with Gasteiger partial charge in [-0.05, 0) is 12.1 Å². The minimum absolute atomic E-state index is 0.00788. The van der Waals surface area contributed by atoms with Gasteiger partial charge in [-0.2, -0.15) is 0 Å². The number of hydrogen-bond donors (Lipinski definition) is 1. The van der Waals surface area contributed by atoms with Crippen molar-refractivity contribution in [1.82, 2.24) is 15.4 Å². The first kappa shape index (κ1) is 16.7. The van der Waals surface area contributed by atoms with Crippen molar-refractivity contribution >= 4 is 5.91 Å². The molecule has 0 aliphatic carbocycles. The minimum atomic E-state index is -0.141. The normalized spacial score (nSPS) is 15.5. The summed E-state index contributed by atoms with van der Waals surface area (Å²) < 4.78 is 21.0. The van der Waals surface area contributed by atoms with Gasteiger partial charge in [0.05, 0.1) is 26.1 Å². The van der Waals surface area contributed by atoms with Crippen LogP contribution in [-0.4, -0.2) is 62.0 Å². The van der Waals surface area contributed by atoms with E-state index in [-0.39, 0.29) is 19.1 Å². The molecule has 0 bridgehead atoms. The Morgan fingerprint density at radius 2 is 2.21 bits per heavy atom. The van der Waals surface area contributed by atoms with Gasteiger partial charge in [0.15, 0.2) is 5.76 Å². The van der Waals surface area contributed by atoms with Crippen LogP contribution < -0.4 is 5.32 Å². The second kappa shape index (κ2) is 8.62. The highest BCUT2D eigenvalue weighted by atomic mass is 16.5. The van der Waals surface area contributed by atoms with E-state index in [9.17, 15) is 4.79 Å². The number of rotatable bonds is 8. The molecule has 1 fully saturated rings. The van der Waals surface area contributed by atoms with Crippen molar-refractivity contribution in [3.8, 4) is 11.5 Å². The Morgan fingerprint density at radius 3 is 3.00 bits per heavy atom. The van der Waals surface area contributed by atoms with Crippen LogP contribution in [0.4, 0.5) is 0 Å². The number of furan rings is 1. The molecule has 1 aliphatic heterocycles. The Balaban J connectivity index is 1.30. The molecule has 0 aromatic carbocycles. The van der Waals surface area contributed by atoms with Gasteiger partial charge in [0.25, 0.3) is 0 Å². The van der Waals surface area contributed by atoms with Crippen LogP contribution in [0.5, 0.6) is 0 Å². The first-order chi connectivity index (χ1) is 11.8. The molecule has 1 aliphatic rings. The molecule has 3 rings (SSSR count). The largest absolute Gasteiger partial charge is 0.461 e. The van der Waals surface area contributed by atoms with Crippen molar-refractivity contribution in [3.05, 3.63) is 30.2 Å². The van der Waals surface area contributed by atoms with Gasteiger partial charge < -0.3 is 23.7 Å². The van der Waals surface area contributed by atoms with E-state index in [0.29, 0.717) is 23.8 Å².